The molecule has 2 aromatic rings. The minimum atomic E-state index is -3.56. The Morgan fingerprint density at radius 3 is 2.50 bits per heavy atom. The van der Waals surface area contributed by atoms with E-state index in [9.17, 15) is 13.2 Å². The Labute approximate surface area is 148 Å². The van der Waals surface area contributed by atoms with Crippen molar-refractivity contribution in [3.05, 3.63) is 46.3 Å². The fourth-order valence-electron chi connectivity index (χ4n) is 2.54. The first-order valence-electron chi connectivity index (χ1n) is 7.36. The van der Waals surface area contributed by atoms with Gasteiger partial charge in [-0.15, -0.1) is 0 Å². The van der Waals surface area contributed by atoms with Crippen molar-refractivity contribution in [3.8, 4) is 0 Å². The normalized spacial score (nSPS) is 16.3. The molecule has 24 heavy (non-hydrogen) atoms. The van der Waals surface area contributed by atoms with E-state index in [1.165, 1.54) is 4.31 Å². The van der Waals surface area contributed by atoms with E-state index in [1.54, 1.807) is 42.2 Å². The lowest BCUT2D eigenvalue weighted by Gasteiger charge is -2.33. The first-order chi connectivity index (χ1) is 11.4. The molecule has 1 aromatic carbocycles. The van der Waals surface area contributed by atoms with E-state index in [4.69, 9.17) is 4.52 Å². The Balaban J connectivity index is 1.69. The highest BCUT2D eigenvalue weighted by Crippen LogP contribution is 2.21. The summed E-state index contributed by atoms with van der Waals surface area (Å²) in [6.45, 7) is 2.84. The van der Waals surface area contributed by atoms with Crippen LogP contribution < -0.4 is 0 Å². The van der Waals surface area contributed by atoms with Gasteiger partial charge in [0.15, 0.2) is 5.69 Å². The molecular formula is C15H16BrN3O4S. The number of aromatic nitrogens is 1. The molecule has 0 spiro atoms. The zero-order valence-electron chi connectivity index (χ0n) is 13.0. The van der Waals surface area contributed by atoms with Gasteiger partial charge >= 0.3 is 0 Å². The Kier molecular flexibility index (Phi) is 4.75. The molecule has 2 heterocycles. The molecule has 0 N–H and O–H groups in total. The second-order valence-electron chi connectivity index (χ2n) is 5.48. The third kappa shape index (κ3) is 3.38. The van der Waals surface area contributed by atoms with Crippen LogP contribution in [0.2, 0.25) is 0 Å². The van der Waals surface area contributed by atoms with Crippen LogP contribution in [0.15, 0.2) is 44.2 Å². The smallest absolute Gasteiger partial charge is 0.276 e. The molecule has 1 saturated heterocycles. The quantitative estimate of drug-likeness (QED) is 0.766. The number of hydrogen-bond donors (Lipinski definition) is 0. The van der Waals surface area contributed by atoms with Crippen LogP contribution in [0.1, 0.15) is 16.2 Å². The average molecular weight is 414 g/mol. The van der Waals surface area contributed by atoms with Gasteiger partial charge in [-0.25, -0.2) is 8.42 Å². The van der Waals surface area contributed by atoms with Gasteiger partial charge in [0.2, 0.25) is 10.0 Å². The molecule has 0 atom stereocenters. The average Bonchev–Trinajstić information content (AvgIpc) is 3.01. The van der Waals surface area contributed by atoms with Gasteiger partial charge in [-0.1, -0.05) is 27.2 Å². The van der Waals surface area contributed by atoms with Crippen molar-refractivity contribution in [1.29, 1.82) is 0 Å². The number of carbonyl (C=O) groups excluding carboxylic acids is 1. The molecule has 3 rings (SSSR count). The van der Waals surface area contributed by atoms with E-state index in [2.05, 4.69) is 21.1 Å². The molecule has 128 valence electrons. The highest BCUT2D eigenvalue weighted by atomic mass is 79.9. The fraction of sp³-hybridized carbons (Fsp3) is 0.333. The van der Waals surface area contributed by atoms with Crippen LogP contribution in [0.25, 0.3) is 0 Å². The van der Waals surface area contributed by atoms with Gasteiger partial charge in [-0.3, -0.25) is 4.79 Å². The van der Waals surface area contributed by atoms with Crippen LogP contribution in [0.5, 0.6) is 0 Å². The summed E-state index contributed by atoms with van der Waals surface area (Å²) in [5.41, 5.74) is 0.246. The number of carbonyl (C=O) groups is 1. The summed E-state index contributed by atoms with van der Waals surface area (Å²) in [7, 11) is -3.56. The lowest BCUT2D eigenvalue weighted by molar-refractivity contribution is 0.0687. The fourth-order valence-corrected chi connectivity index (χ4v) is 4.56. The van der Waals surface area contributed by atoms with Crippen LogP contribution in [0, 0.1) is 6.92 Å². The largest absolute Gasteiger partial charge is 0.361 e. The summed E-state index contributed by atoms with van der Waals surface area (Å²) >= 11 is 3.28. The van der Waals surface area contributed by atoms with Gasteiger partial charge in [0.1, 0.15) is 5.76 Å². The van der Waals surface area contributed by atoms with E-state index in [0.29, 0.717) is 23.3 Å². The lowest BCUT2D eigenvalue weighted by Crippen LogP contribution is -2.50. The molecule has 0 bridgehead atoms. The van der Waals surface area contributed by atoms with Gasteiger partial charge in [0.25, 0.3) is 5.91 Å². The van der Waals surface area contributed by atoms with Crippen LogP contribution in [0.3, 0.4) is 0 Å². The Morgan fingerprint density at radius 2 is 1.92 bits per heavy atom. The maximum Gasteiger partial charge on any atom is 0.276 e. The van der Waals surface area contributed by atoms with Crippen molar-refractivity contribution in [2.45, 2.75) is 11.8 Å². The number of aryl methyl sites for hydroxylation is 1. The topological polar surface area (TPSA) is 83.7 Å². The zero-order valence-corrected chi connectivity index (χ0v) is 15.4. The third-order valence-corrected chi connectivity index (χ3v) is 6.19. The van der Waals surface area contributed by atoms with Crippen molar-refractivity contribution >= 4 is 31.9 Å². The molecule has 9 heteroatoms. The lowest BCUT2D eigenvalue weighted by atomic mass is 10.3. The first-order valence-corrected chi connectivity index (χ1v) is 9.59. The first kappa shape index (κ1) is 17.1. The maximum atomic E-state index is 12.7. The highest BCUT2D eigenvalue weighted by Gasteiger charge is 2.31. The molecule has 1 fully saturated rings. The monoisotopic (exact) mass is 413 g/mol. The molecule has 0 radical (unpaired) electrons. The Hall–Kier alpha value is -1.71. The molecule has 1 aliphatic rings. The van der Waals surface area contributed by atoms with Crippen LogP contribution in [0.4, 0.5) is 0 Å². The van der Waals surface area contributed by atoms with E-state index in [-0.39, 0.29) is 29.6 Å². The van der Waals surface area contributed by atoms with E-state index < -0.39 is 10.0 Å². The predicted octanol–water partition coefficient (Wildman–Crippen LogP) is 1.89. The summed E-state index contributed by atoms with van der Waals surface area (Å²) in [5, 5.41) is 3.71. The number of halogens is 1. The molecule has 1 amide bonds. The highest BCUT2D eigenvalue weighted by molar-refractivity contribution is 9.10. The van der Waals surface area contributed by atoms with E-state index in [1.807, 2.05) is 0 Å². The number of amides is 1. The second-order valence-corrected chi connectivity index (χ2v) is 8.33. The van der Waals surface area contributed by atoms with E-state index in [0.717, 1.165) is 0 Å². The van der Waals surface area contributed by atoms with Gasteiger partial charge in [0.05, 0.1) is 4.90 Å². The van der Waals surface area contributed by atoms with Crippen LogP contribution in [-0.4, -0.2) is 54.9 Å². The summed E-state index contributed by atoms with van der Waals surface area (Å²) in [5.74, 6) is 0.320. The predicted molar refractivity (Wildman–Crippen MR) is 90.0 cm³/mol. The molecule has 1 aromatic heterocycles. The number of piperazine rings is 1. The Morgan fingerprint density at radius 1 is 1.21 bits per heavy atom. The van der Waals surface area contributed by atoms with Gasteiger partial charge < -0.3 is 9.42 Å². The van der Waals surface area contributed by atoms with Crippen molar-refractivity contribution in [2.75, 3.05) is 26.2 Å². The van der Waals surface area contributed by atoms with E-state index >= 15 is 0 Å². The second kappa shape index (κ2) is 6.66. The maximum absolute atomic E-state index is 12.7. The number of benzene rings is 1. The molecule has 0 unspecified atom stereocenters. The van der Waals surface area contributed by atoms with Crippen molar-refractivity contribution in [1.82, 2.24) is 14.4 Å². The van der Waals surface area contributed by atoms with Crippen molar-refractivity contribution < 1.29 is 17.7 Å². The minimum Gasteiger partial charge on any atom is -0.361 e. The number of sulfonamides is 1. The molecule has 0 saturated carbocycles. The van der Waals surface area contributed by atoms with Gasteiger partial charge in [-0.2, -0.15) is 4.31 Å². The van der Waals surface area contributed by atoms with Crippen LogP contribution >= 0.6 is 15.9 Å². The van der Waals surface area contributed by atoms with Crippen molar-refractivity contribution in [2.24, 2.45) is 0 Å². The minimum absolute atomic E-state index is 0.240. The summed E-state index contributed by atoms with van der Waals surface area (Å²) in [6, 6.07) is 8.17. The van der Waals surface area contributed by atoms with Crippen molar-refractivity contribution in [3.63, 3.8) is 0 Å². The summed E-state index contributed by atoms with van der Waals surface area (Å²) in [6.07, 6.45) is 0. The molecule has 0 aliphatic carbocycles. The molecular weight excluding hydrogens is 398 g/mol. The SMILES string of the molecule is Cc1cc(C(=O)N2CCN(S(=O)(=O)c3cccc(Br)c3)CC2)no1. The number of hydrogen-bond acceptors (Lipinski definition) is 5. The standard InChI is InChI=1S/C15H16BrN3O4S/c1-11-9-14(17-23-11)15(20)18-5-7-19(8-6-18)24(21,22)13-4-2-3-12(16)10-13/h2-4,9-10H,5-8H2,1H3. The summed E-state index contributed by atoms with van der Waals surface area (Å²) < 4.78 is 32.3. The van der Waals surface area contributed by atoms with Gasteiger partial charge in [-0.05, 0) is 25.1 Å². The zero-order chi connectivity index (χ0) is 17.3. The molecule has 1 aliphatic heterocycles. The molecule has 7 nitrogen and oxygen atoms in total. The van der Waals surface area contributed by atoms with Gasteiger partial charge in [0, 0.05) is 36.7 Å². The Bertz CT molecular complexity index is 857. The summed E-state index contributed by atoms with van der Waals surface area (Å²) in [4.78, 5) is 14.1. The van der Waals surface area contributed by atoms with Crippen LogP contribution in [-0.2, 0) is 10.0 Å². The number of nitrogens with zero attached hydrogens (tertiary/aromatic N) is 3. The number of rotatable bonds is 3. The third-order valence-electron chi connectivity index (χ3n) is 3.81.